The summed E-state index contributed by atoms with van der Waals surface area (Å²) in [6.07, 6.45) is 3.53. The first-order chi connectivity index (χ1) is 10.3. The van der Waals surface area contributed by atoms with Gasteiger partial charge in [0.05, 0.1) is 11.7 Å². The fourth-order valence-electron chi connectivity index (χ4n) is 2.62. The summed E-state index contributed by atoms with van der Waals surface area (Å²) in [5.41, 5.74) is 3.03. The number of pyridine rings is 1. The smallest absolute Gasteiger partial charge is 0.114 e. The van der Waals surface area contributed by atoms with Gasteiger partial charge in [-0.15, -0.1) is 0 Å². The molecule has 1 radical (unpaired) electrons. The van der Waals surface area contributed by atoms with Crippen molar-refractivity contribution in [1.29, 1.82) is 0 Å². The first kappa shape index (κ1) is 12.1. The Hall–Kier alpha value is -2.68. The maximum atomic E-state index is 4.59. The van der Waals surface area contributed by atoms with E-state index in [-0.39, 0.29) is 5.92 Å². The van der Waals surface area contributed by atoms with E-state index in [1.807, 2.05) is 6.07 Å². The van der Waals surface area contributed by atoms with E-state index in [2.05, 4.69) is 64.3 Å². The van der Waals surface area contributed by atoms with Crippen LogP contribution in [-0.4, -0.2) is 15.0 Å². The quantitative estimate of drug-likeness (QED) is 0.597. The van der Waals surface area contributed by atoms with Crippen molar-refractivity contribution in [3.8, 4) is 0 Å². The first-order valence-corrected chi connectivity index (χ1v) is 6.93. The zero-order valence-electron chi connectivity index (χ0n) is 11.5. The molecular formula is C18H14N3. The molecule has 2 aromatic carbocycles. The highest BCUT2D eigenvalue weighted by molar-refractivity contribution is 5.83. The van der Waals surface area contributed by atoms with Crippen molar-refractivity contribution in [2.45, 2.75) is 5.92 Å². The largest absolute Gasteiger partial charge is 0.341 e. The van der Waals surface area contributed by atoms with Gasteiger partial charge in [0.1, 0.15) is 11.3 Å². The maximum absolute atomic E-state index is 4.59. The Labute approximate surface area is 122 Å². The second-order valence-electron chi connectivity index (χ2n) is 5.17. The average Bonchev–Trinajstić information content (AvgIpc) is 2.97. The summed E-state index contributed by atoms with van der Waals surface area (Å²) >= 11 is 0. The minimum Gasteiger partial charge on any atom is -0.341 e. The topological polar surface area (TPSA) is 41.6 Å². The standard InChI is InChI=1S/C18H14N3/c1-12(18-20-16-8-9-19-11-17(16)21-18)14-7-6-13-4-2-3-5-15(13)10-14/h2-12H,1H2,(H,20,21)/t12-/m0/s1. The van der Waals surface area contributed by atoms with Crippen LogP contribution in [-0.2, 0) is 0 Å². The number of H-pyrrole nitrogens is 1. The van der Waals surface area contributed by atoms with E-state index in [4.69, 9.17) is 0 Å². The summed E-state index contributed by atoms with van der Waals surface area (Å²) in [6.45, 7) is 4.27. The number of imidazole rings is 1. The number of aromatic amines is 1. The maximum Gasteiger partial charge on any atom is 0.114 e. The van der Waals surface area contributed by atoms with Crippen molar-refractivity contribution >= 4 is 21.8 Å². The number of rotatable bonds is 2. The predicted molar refractivity (Wildman–Crippen MR) is 85.0 cm³/mol. The molecular weight excluding hydrogens is 258 g/mol. The Morgan fingerprint density at radius 3 is 2.71 bits per heavy atom. The van der Waals surface area contributed by atoms with Crippen LogP contribution in [0, 0.1) is 6.92 Å². The van der Waals surface area contributed by atoms with Gasteiger partial charge in [-0.25, -0.2) is 4.98 Å². The molecule has 2 aromatic heterocycles. The van der Waals surface area contributed by atoms with Gasteiger partial charge in [0.25, 0.3) is 0 Å². The fraction of sp³-hybridized carbons (Fsp3) is 0.0556. The lowest BCUT2D eigenvalue weighted by Gasteiger charge is -2.10. The molecule has 21 heavy (non-hydrogen) atoms. The summed E-state index contributed by atoms with van der Waals surface area (Å²) in [5, 5.41) is 2.46. The van der Waals surface area contributed by atoms with Crippen LogP contribution in [0.4, 0.5) is 0 Å². The first-order valence-electron chi connectivity index (χ1n) is 6.93. The monoisotopic (exact) mass is 272 g/mol. The van der Waals surface area contributed by atoms with Gasteiger partial charge >= 0.3 is 0 Å². The van der Waals surface area contributed by atoms with Crippen molar-refractivity contribution < 1.29 is 0 Å². The van der Waals surface area contributed by atoms with Gasteiger partial charge in [0, 0.05) is 12.1 Å². The van der Waals surface area contributed by atoms with Gasteiger partial charge in [-0.2, -0.15) is 0 Å². The second kappa shape index (κ2) is 4.70. The van der Waals surface area contributed by atoms with Crippen LogP contribution >= 0.6 is 0 Å². The summed E-state index contributed by atoms with van der Waals surface area (Å²) in [7, 11) is 0. The molecule has 0 aliphatic heterocycles. The molecule has 4 aromatic rings. The van der Waals surface area contributed by atoms with Gasteiger partial charge in [0.15, 0.2) is 0 Å². The summed E-state index contributed by atoms with van der Waals surface area (Å²) in [5.74, 6) is 0.843. The number of nitrogens with zero attached hydrogens (tertiary/aromatic N) is 2. The molecule has 0 saturated heterocycles. The van der Waals surface area contributed by atoms with Gasteiger partial charge in [-0.05, 0) is 29.3 Å². The summed E-state index contributed by atoms with van der Waals surface area (Å²) in [4.78, 5) is 12.0. The van der Waals surface area contributed by atoms with Crippen molar-refractivity contribution in [2.75, 3.05) is 0 Å². The van der Waals surface area contributed by atoms with E-state index in [1.165, 1.54) is 10.8 Å². The molecule has 0 bridgehead atoms. The highest BCUT2D eigenvalue weighted by Crippen LogP contribution is 2.26. The highest BCUT2D eigenvalue weighted by atomic mass is 14.9. The zero-order valence-corrected chi connectivity index (χ0v) is 11.5. The van der Waals surface area contributed by atoms with Gasteiger partial charge in [0.2, 0.25) is 0 Å². The minimum atomic E-state index is -0.0259. The summed E-state index contributed by atoms with van der Waals surface area (Å²) < 4.78 is 0. The molecule has 0 aliphatic carbocycles. The lowest BCUT2D eigenvalue weighted by molar-refractivity contribution is 0.923. The van der Waals surface area contributed by atoms with Crippen LogP contribution in [0.25, 0.3) is 21.8 Å². The molecule has 1 atom stereocenters. The van der Waals surface area contributed by atoms with Crippen LogP contribution in [0.2, 0.25) is 0 Å². The minimum absolute atomic E-state index is 0.0259. The van der Waals surface area contributed by atoms with Gasteiger partial charge in [-0.1, -0.05) is 42.5 Å². The average molecular weight is 272 g/mol. The van der Waals surface area contributed by atoms with E-state index >= 15 is 0 Å². The molecule has 2 heterocycles. The highest BCUT2D eigenvalue weighted by Gasteiger charge is 2.13. The Balaban J connectivity index is 1.79. The van der Waals surface area contributed by atoms with E-state index in [0.29, 0.717) is 0 Å². The lowest BCUT2D eigenvalue weighted by atomic mass is 9.97. The zero-order chi connectivity index (χ0) is 14.2. The van der Waals surface area contributed by atoms with Crippen LogP contribution < -0.4 is 0 Å². The van der Waals surface area contributed by atoms with Crippen molar-refractivity contribution in [1.82, 2.24) is 15.0 Å². The molecule has 3 heteroatoms. The van der Waals surface area contributed by atoms with E-state index in [0.717, 1.165) is 22.4 Å². The number of hydrogen-bond donors (Lipinski definition) is 1. The fourth-order valence-corrected chi connectivity index (χ4v) is 2.62. The number of fused-ring (bicyclic) bond motifs is 2. The number of aromatic nitrogens is 3. The van der Waals surface area contributed by atoms with Crippen LogP contribution in [0.15, 0.2) is 60.9 Å². The molecule has 0 aliphatic rings. The molecule has 0 spiro atoms. The second-order valence-corrected chi connectivity index (χ2v) is 5.17. The van der Waals surface area contributed by atoms with Crippen LogP contribution in [0.1, 0.15) is 17.3 Å². The molecule has 0 amide bonds. The van der Waals surface area contributed by atoms with Crippen molar-refractivity contribution in [2.24, 2.45) is 0 Å². The third-order valence-electron chi connectivity index (χ3n) is 3.81. The van der Waals surface area contributed by atoms with Gasteiger partial charge < -0.3 is 4.98 Å². The Morgan fingerprint density at radius 2 is 1.86 bits per heavy atom. The number of nitrogens with one attached hydrogen (secondary N) is 1. The van der Waals surface area contributed by atoms with Crippen LogP contribution in [0.3, 0.4) is 0 Å². The third-order valence-corrected chi connectivity index (χ3v) is 3.81. The molecule has 0 unspecified atom stereocenters. The van der Waals surface area contributed by atoms with Gasteiger partial charge in [-0.3, -0.25) is 4.98 Å². The Morgan fingerprint density at radius 1 is 1.00 bits per heavy atom. The molecule has 0 saturated carbocycles. The third kappa shape index (κ3) is 2.07. The van der Waals surface area contributed by atoms with Crippen molar-refractivity contribution in [3.05, 3.63) is 79.2 Å². The van der Waals surface area contributed by atoms with E-state index < -0.39 is 0 Å². The predicted octanol–water partition coefficient (Wildman–Crippen LogP) is 4.08. The Bertz CT molecular complexity index is 891. The van der Waals surface area contributed by atoms with Crippen LogP contribution in [0.5, 0.6) is 0 Å². The normalized spacial score (nSPS) is 12.8. The molecule has 101 valence electrons. The lowest BCUT2D eigenvalue weighted by Crippen LogP contribution is -1.98. The SMILES string of the molecule is [CH2][C@@H](c1ccc2ccccc2c1)c1nc2cnccc2[nH]1. The molecule has 1 N–H and O–H groups in total. The molecule has 0 fully saturated rings. The van der Waals surface area contributed by atoms with E-state index in [9.17, 15) is 0 Å². The number of hydrogen-bond acceptors (Lipinski definition) is 2. The van der Waals surface area contributed by atoms with E-state index in [1.54, 1.807) is 12.4 Å². The molecule has 3 nitrogen and oxygen atoms in total. The summed E-state index contributed by atoms with van der Waals surface area (Å²) in [6, 6.07) is 16.7. The van der Waals surface area contributed by atoms with Crippen molar-refractivity contribution in [3.63, 3.8) is 0 Å². The Kier molecular flexibility index (Phi) is 2.71. The number of benzene rings is 2. The molecule has 4 rings (SSSR count).